The SMILES string of the molecule is CC(C)Oc1cccnc1F. The molecule has 11 heavy (non-hydrogen) atoms. The second-order valence-corrected chi connectivity index (χ2v) is 2.46. The number of ether oxygens (including phenoxy) is 1. The van der Waals surface area contributed by atoms with Gasteiger partial charge in [-0.1, -0.05) is 0 Å². The third kappa shape index (κ3) is 2.18. The van der Waals surface area contributed by atoms with Crippen molar-refractivity contribution in [2.24, 2.45) is 0 Å². The lowest BCUT2D eigenvalue weighted by Gasteiger charge is -2.08. The molecule has 0 aliphatic carbocycles. The van der Waals surface area contributed by atoms with Crippen molar-refractivity contribution in [3.05, 3.63) is 24.3 Å². The van der Waals surface area contributed by atoms with E-state index in [-0.39, 0.29) is 11.9 Å². The molecule has 0 aliphatic rings. The summed E-state index contributed by atoms with van der Waals surface area (Å²) in [6, 6.07) is 3.20. The van der Waals surface area contributed by atoms with Crippen LogP contribution in [0, 0.1) is 5.95 Å². The van der Waals surface area contributed by atoms with Crippen LogP contribution in [-0.4, -0.2) is 11.1 Å². The lowest BCUT2D eigenvalue weighted by molar-refractivity contribution is 0.228. The van der Waals surface area contributed by atoms with E-state index in [9.17, 15) is 4.39 Å². The smallest absolute Gasteiger partial charge is 0.255 e. The van der Waals surface area contributed by atoms with Gasteiger partial charge in [-0.25, -0.2) is 4.98 Å². The third-order valence-corrected chi connectivity index (χ3v) is 1.09. The number of hydrogen-bond donors (Lipinski definition) is 0. The first-order valence-corrected chi connectivity index (χ1v) is 3.47. The predicted octanol–water partition coefficient (Wildman–Crippen LogP) is 2.01. The molecular formula is C8H10FNO. The van der Waals surface area contributed by atoms with E-state index in [4.69, 9.17) is 4.74 Å². The number of aromatic nitrogens is 1. The minimum Gasteiger partial charge on any atom is -0.486 e. The Kier molecular flexibility index (Phi) is 2.41. The van der Waals surface area contributed by atoms with Crippen molar-refractivity contribution in [1.82, 2.24) is 4.98 Å². The lowest BCUT2D eigenvalue weighted by atomic mass is 10.4. The molecule has 0 aromatic carbocycles. The molecule has 0 atom stereocenters. The van der Waals surface area contributed by atoms with Crippen molar-refractivity contribution in [1.29, 1.82) is 0 Å². The maximum atomic E-state index is 12.7. The summed E-state index contributed by atoms with van der Waals surface area (Å²) in [7, 11) is 0. The first-order valence-electron chi connectivity index (χ1n) is 3.47. The van der Waals surface area contributed by atoms with Crippen LogP contribution in [0.15, 0.2) is 18.3 Å². The lowest BCUT2D eigenvalue weighted by Crippen LogP contribution is -2.07. The number of pyridine rings is 1. The quantitative estimate of drug-likeness (QED) is 0.609. The standard InChI is InChI=1S/C8H10FNO/c1-6(2)11-7-4-3-5-10-8(7)9/h3-6H,1-2H3. The molecule has 1 aromatic heterocycles. The van der Waals surface area contributed by atoms with Crippen molar-refractivity contribution >= 4 is 0 Å². The Morgan fingerprint density at radius 2 is 2.27 bits per heavy atom. The van der Waals surface area contributed by atoms with E-state index in [2.05, 4.69) is 4.98 Å². The fourth-order valence-corrected chi connectivity index (χ4v) is 0.713. The summed E-state index contributed by atoms with van der Waals surface area (Å²) in [6.45, 7) is 3.68. The first kappa shape index (κ1) is 7.98. The fourth-order valence-electron chi connectivity index (χ4n) is 0.713. The average Bonchev–Trinajstić information content (AvgIpc) is 1.93. The van der Waals surface area contributed by atoms with Gasteiger partial charge in [0.15, 0.2) is 5.75 Å². The van der Waals surface area contributed by atoms with Gasteiger partial charge in [0.05, 0.1) is 6.10 Å². The van der Waals surface area contributed by atoms with Crippen LogP contribution < -0.4 is 4.74 Å². The molecule has 3 heteroatoms. The largest absolute Gasteiger partial charge is 0.486 e. The normalized spacial score (nSPS) is 10.2. The zero-order valence-corrected chi connectivity index (χ0v) is 6.54. The maximum absolute atomic E-state index is 12.7. The van der Waals surface area contributed by atoms with Crippen LogP contribution in [0.4, 0.5) is 4.39 Å². The highest BCUT2D eigenvalue weighted by atomic mass is 19.1. The Labute approximate surface area is 65.0 Å². The molecule has 0 N–H and O–H groups in total. The van der Waals surface area contributed by atoms with Gasteiger partial charge in [-0.05, 0) is 26.0 Å². The second-order valence-electron chi connectivity index (χ2n) is 2.46. The van der Waals surface area contributed by atoms with Gasteiger partial charge in [0, 0.05) is 6.20 Å². The summed E-state index contributed by atoms with van der Waals surface area (Å²) in [6.07, 6.45) is 1.37. The van der Waals surface area contributed by atoms with Gasteiger partial charge in [-0.3, -0.25) is 0 Å². The van der Waals surface area contributed by atoms with Gasteiger partial charge >= 0.3 is 0 Å². The molecule has 0 aliphatic heterocycles. The van der Waals surface area contributed by atoms with Crippen LogP contribution in [0.5, 0.6) is 5.75 Å². The highest BCUT2D eigenvalue weighted by Gasteiger charge is 2.03. The molecule has 2 nitrogen and oxygen atoms in total. The molecule has 1 aromatic rings. The van der Waals surface area contributed by atoms with Crippen LogP contribution in [0.1, 0.15) is 13.8 Å². The van der Waals surface area contributed by atoms with E-state index < -0.39 is 5.95 Å². The maximum Gasteiger partial charge on any atom is 0.255 e. The molecule has 0 unspecified atom stereocenters. The summed E-state index contributed by atoms with van der Waals surface area (Å²) in [5, 5.41) is 0. The molecule has 0 radical (unpaired) electrons. The molecule has 0 bridgehead atoms. The van der Waals surface area contributed by atoms with Crippen molar-refractivity contribution < 1.29 is 9.13 Å². The van der Waals surface area contributed by atoms with Crippen molar-refractivity contribution in [2.45, 2.75) is 20.0 Å². The minimum atomic E-state index is -0.554. The number of rotatable bonds is 2. The van der Waals surface area contributed by atoms with Crippen molar-refractivity contribution in [3.8, 4) is 5.75 Å². The Morgan fingerprint density at radius 1 is 1.55 bits per heavy atom. The summed E-state index contributed by atoms with van der Waals surface area (Å²) < 4.78 is 17.8. The van der Waals surface area contributed by atoms with Crippen LogP contribution >= 0.6 is 0 Å². The molecular weight excluding hydrogens is 145 g/mol. The van der Waals surface area contributed by atoms with Gasteiger partial charge in [-0.15, -0.1) is 0 Å². The van der Waals surface area contributed by atoms with E-state index in [1.807, 2.05) is 13.8 Å². The Bertz CT molecular complexity index is 237. The summed E-state index contributed by atoms with van der Waals surface area (Å²) in [5.74, 6) is -0.344. The molecule has 0 fully saturated rings. The van der Waals surface area contributed by atoms with Gasteiger partial charge in [0.1, 0.15) is 0 Å². The highest BCUT2D eigenvalue weighted by molar-refractivity contribution is 5.17. The zero-order chi connectivity index (χ0) is 8.27. The Morgan fingerprint density at radius 3 is 2.82 bits per heavy atom. The van der Waals surface area contributed by atoms with Crippen molar-refractivity contribution in [2.75, 3.05) is 0 Å². The summed E-state index contributed by atoms with van der Waals surface area (Å²) in [5.41, 5.74) is 0. The second kappa shape index (κ2) is 3.32. The predicted molar refractivity (Wildman–Crippen MR) is 40.0 cm³/mol. The van der Waals surface area contributed by atoms with Crippen molar-refractivity contribution in [3.63, 3.8) is 0 Å². The van der Waals surface area contributed by atoms with Gasteiger partial charge in [0.2, 0.25) is 0 Å². The van der Waals surface area contributed by atoms with E-state index in [1.54, 1.807) is 12.1 Å². The minimum absolute atomic E-state index is 0.0197. The molecule has 60 valence electrons. The first-order chi connectivity index (χ1) is 5.20. The van der Waals surface area contributed by atoms with E-state index in [0.717, 1.165) is 0 Å². The third-order valence-electron chi connectivity index (χ3n) is 1.09. The zero-order valence-electron chi connectivity index (χ0n) is 6.54. The molecule has 0 saturated heterocycles. The van der Waals surface area contributed by atoms with Crippen LogP contribution in [0.2, 0.25) is 0 Å². The van der Waals surface area contributed by atoms with Crippen LogP contribution in [0.3, 0.4) is 0 Å². The van der Waals surface area contributed by atoms with Crippen LogP contribution in [-0.2, 0) is 0 Å². The van der Waals surface area contributed by atoms with Gasteiger partial charge in [0.25, 0.3) is 5.95 Å². The Balaban J connectivity index is 2.78. The fraction of sp³-hybridized carbons (Fsp3) is 0.375. The molecule has 0 saturated carbocycles. The molecule has 1 rings (SSSR count). The van der Waals surface area contributed by atoms with E-state index >= 15 is 0 Å². The Hall–Kier alpha value is -1.12. The summed E-state index contributed by atoms with van der Waals surface area (Å²) >= 11 is 0. The van der Waals surface area contributed by atoms with Gasteiger partial charge < -0.3 is 4.74 Å². The number of nitrogens with zero attached hydrogens (tertiary/aromatic N) is 1. The summed E-state index contributed by atoms with van der Waals surface area (Å²) in [4.78, 5) is 3.44. The highest BCUT2D eigenvalue weighted by Crippen LogP contribution is 2.13. The monoisotopic (exact) mass is 155 g/mol. The van der Waals surface area contributed by atoms with Crippen LogP contribution in [0.25, 0.3) is 0 Å². The molecule has 1 heterocycles. The number of halogens is 1. The van der Waals surface area contributed by atoms with E-state index in [0.29, 0.717) is 0 Å². The molecule has 0 spiro atoms. The molecule has 0 amide bonds. The topological polar surface area (TPSA) is 22.1 Å². The van der Waals surface area contributed by atoms with Gasteiger partial charge in [-0.2, -0.15) is 4.39 Å². The number of hydrogen-bond acceptors (Lipinski definition) is 2. The average molecular weight is 155 g/mol. The van der Waals surface area contributed by atoms with E-state index in [1.165, 1.54) is 6.20 Å².